The number of benzene rings is 1. The van der Waals surface area contributed by atoms with Crippen molar-refractivity contribution in [1.82, 2.24) is 4.90 Å². The van der Waals surface area contributed by atoms with Gasteiger partial charge in [0.2, 0.25) is 0 Å². The van der Waals surface area contributed by atoms with E-state index >= 15 is 0 Å². The van der Waals surface area contributed by atoms with Crippen LogP contribution in [0.5, 0.6) is 0 Å². The first kappa shape index (κ1) is 10.7. The summed E-state index contributed by atoms with van der Waals surface area (Å²) in [6.45, 7) is 4.51. The van der Waals surface area contributed by atoms with Crippen molar-refractivity contribution in [2.75, 3.05) is 13.6 Å². The van der Waals surface area contributed by atoms with E-state index in [0.717, 1.165) is 6.54 Å². The Kier molecular flexibility index (Phi) is 3.13. The van der Waals surface area contributed by atoms with Gasteiger partial charge in [0.1, 0.15) is 0 Å². The van der Waals surface area contributed by atoms with Crippen molar-refractivity contribution in [3.05, 3.63) is 47.0 Å². The molecule has 0 aromatic heterocycles. The summed E-state index contributed by atoms with van der Waals surface area (Å²) >= 11 is 5.84. The van der Waals surface area contributed by atoms with E-state index in [9.17, 15) is 0 Å². The van der Waals surface area contributed by atoms with Gasteiger partial charge in [-0.1, -0.05) is 42.4 Å². The molecule has 1 nitrogen and oxygen atoms in total. The SMILES string of the molecule is C=C(Cl)CN(C)C1CCc2ccccc21. The smallest absolute Gasteiger partial charge is 0.0354 e. The molecule has 1 aliphatic carbocycles. The van der Waals surface area contributed by atoms with Gasteiger partial charge >= 0.3 is 0 Å². The van der Waals surface area contributed by atoms with Gasteiger partial charge < -0.3 is 0 Å². The van der Waals surface area contributed by atoms with E-state index in [-0.39, 0.29) is 0 Å². The molecule has 0 N–H and O–H groups in total. The van der Waals surface area contributed by atoms with Gasteiger partial charge in [-0.25, -0.2) is 0 Å². The molecule has 0 spiro atoms. The fourth-order valence-electron chi connectivity index (χ4n) is 2.37. The monoisotopic (exact) mass is 221 g/mol. The van der Waals surface area contributed by atoms with Crippen molar-refractivity contribution in [2.24, 2.45) is 0 Å². The van der Waals surface area contributed by atoms with E-state index in [4.69, 9.17) is 11.6 Å². The topological polar surface area (TPSA) is 3.24 Å². The highest BCUT2D eigenvalue weighted by atomic mass is 35.5. The van der Waals surface area contributed by atoms with Crippen LogP contribution in [-0.2, 0) is 6.42 Å². The molecular weight excluding hydrogens is 206 g/mol. The van der Waals surface area contributed by atoms with Gasteiger partial charge in [-0.3, -0.25) is 4.90 Å². The van der Waals surface area contributed by atoms with Gasteiger partial charge in [-0.15, -0.1) is 0 Å². The van der Waals surface area contributed by atoms with Gasteiger partial charge in [0.15, 0.2) is 0 Å². The fraction of sp³-hybridized carbons (Fsp3) is 0.385. The molecule has 0 bridgehead atoms. The van der Waals surface area contributed by atoms with E-state index in [0.29, 0.717) is 11.1 Å². The molecule has 0 aliphatic heterocycles. The van der Waals surface area contributed by atoms with Crippen LogP contribution in [0.2, 0.25) is 0 Å². The van der Waals surface area contributed by atoms with Crippen LogP contribution in [0.1, 0.15) is 23.6 Å². The predicted octanol–water partition coefficient (Wildman–Crippen LogP) is 3.36. The van der Waals surface area contributed by atoms with Crippen LogP contribution in [0.4, 0.5) is 0 Å². The van der Waals surface area contributed by atoms with E-state index in [1.807, 2.05) is 0 Å². The van der Waals surface area contributed by atoms with Crippen LogP contribution in [0.15, 0.2) is 35.9 Å². The summed E-state index contributed by atoms with van der Waals surface area (Å²) in [7, 11) is 2.11. The number of hydrogen-bond donors (Lipinski definition) is 0. The Morgan fingerprint density at radius 3 is 3.00 bits per heavy atom. The molecule has 2 heteroatoms. The van der Waals surface area contributed by atoms with Crippen LogP contribution < -0.4 is 0 Å². The highest BCUT2D eigenvalue weighted by molar-refractivity contribution is 6.29. The van der Waals surface area contributed by atoms with Crippen molar-refractivity contribution >= 4 is 11.6 Å². The highest BCUT2D eigenvalue weighted by Crippen LogP contribution is 2.34. The molecule has 1 atom stereocenters. The van der Waals surface area contributed by atoms with Gasteiger partial charge in [0.05, 0.1) is 0 Å². The number of aryl methyl sites for hydroxylation is 1. The van der Waals surface area contributed by atoms with Crippen molar-refractivity contribution in [3.63, 3.8) is 0 Å². The zero-order valence-corrected chi connectivity index (χ0v) is 9.80. The first-order valence-corrected chi connectivity index (χ1v) is 5.67. The molecule has 1 aromatic rings. The molecule has 1 aromatic carbocycles. The van der Waals surface area contributed by atoms with E-state index in [1.165, 1.54) is 24.0 Å². The Labute approximate surface area is 96.4 Å². The Morgan fingerprint density at radius 1 is 1.53 bits per heavy atom. The first-order chi connectivity index (χ1) is 7.18. The Hall–Kier alpha value is -0.790. The maximum Gasteiger partial charge on any atom is 0.0354 e. The number of rotatable bonds is 3. The predicted molar refractivity (Wildman–Crippen MR) is 65.1 cm³/mol. The van der Waals surface area contributed by atoms with Crippen molar-refractivity contribution in [1.29, 1.82) is 0 Å². The molecule has 1 aliphatic rings. The second-order valence-electron chi connectivity index (χ2n) is 4.19. The van der Waals surface area contributed by atoms with Crippen molar-refractivity contribution < 1.29 is 0 Å². The van der Waals surface area contributed by atoms with Crippen molar-refractivity contribution in [3.8, 4) is 0 Å². The summed E-state index contributed by atoms with van der Waals surface area (Å²) in [6, 6.07) is 9.18. The second-order valence-corrected chi connectivity index (χ2v) is 4.72. The summed E-state index contributed by atoms with van der Waals surface area (Å²) in [6.07, 6.45) is 2.37. The van der Waals surface area contributed by atoms with Crippen molar-refractivity contribution in [2.45, 2.75) is 18.9 Å². The average molecular weight is 222 g/mol. The molecule has 0 heterocycles. The molecule has 80 valence electrons. The molecule has 0 saturated heterocycles. The van der Waals surface area contributed by atoms with Gasteiger partial charge in [0, 0.05) is 17.6 Å². The van der Waals surface area contributed by atoms with Crippen LogP contribution in [0, 0.1) is 0 Å². The van der Waals surface area contributed by atoms with Gasteiger partial charge in [-0.05, 0) is 31.0 Å². The summed E-state index contributed by atoms with van der Waals surface area (Å²) in [4.78, 5) is 2.28. The molecule has 0 radical (unpaired) electrons. The lowest BCUT2D eigenvalue weighted by Gasteiger charge is -2.24. The lowest BCUT2D eigenvalue weighted by molar-refractivity contribution is 0.268. The van der Waals surface area contributed by atoms with Crippen LogP contribution in [0.3, 0.4) is 0 Å². The largest absolute Gasteiger partial charge is 0.294 e. The Morgan fingerprint density at radius 2 is 2.27 bits per heavy atom. The Bertz CT molecular complexity index is 373. The maximum atomic E-state index is 5.84. The van der Waals surface area contributed by atoms with Crippen LogP contribution >= 0.6 is 11.6 Å². The van der Waals surface area contributed by atoms with E-state index in [1.54, 1.807) is 0 Å². The average Bonchev–Trinajstić information content (AvgIpc) is 2.59. The summed E-state index contributed by atoms with van der Waals surface area (Å²) in [5.74, 6) is 0. The van der Waals surface area contributed by atoms with Gasteiger partial charge in [-0.2, -0.15) is 0 Å². The standard InChI is InChI=1S/C13H16ClN/c1-10(14)9-15(2)13-8-7-11-5-3-4-6-12(11)13/h3-6,13H,1,7-9H2,2H3. The second kappa shape index (κ2) is 4.38. The number of fused-ring (bicyclic) bond motifs is 1. The zero-order valence-electron chi connectivity index (χ0n) is 9.04. The van der Waals surface area contributed by atoms with E-state index < -0.39 is 0 Å². The molecule has 0 amide bonds. The highest BCUT2D eigenvalue weighted by Gasteiger charge is 2.25. The van der Waals surface area contributed by atoms with Gasteiger partial charge in [0.25, 0.3) is 0 Å². The van der Waals surface area contributed by atoms with E-state index in [2.05, 4.69) is 42.8 Å². The number of halogens is 1. The maximum absolute atomic E-state index is 5.84. The summed E-state index contributed by atoms with van der Waals surface area (Å²) < 4.78 is 0. The van der Waals surface area contributed by atoms with Crippen LogP contribution in [0.25, 0.3) is 0 Å². The first-order valence-electron chi connectivity index (χ1n) is 5.30. The summed E-state index contributed by atoms with van der Waals surface area (Å²) in [5.41, 5.74) is 2.94. The minimum Gasteiger partial charge on any atom is -0.294 e. The molecular formula is C13H16ClN. The number of likely N-dealkylation sites (N-methyl/N-ethyl adjacent to an activating group) is 1. The lowest BCUT2D eigenvalue weighted by Crippen LogP contribution is -2.24. The number of hydrogen-bond acceptors (Lipinski definition) is 1. The minimum atomic E-state index is 0.511. The zero-order chi connectivity index (χ0) is 10.8. The number of nitrogens with zero attached hydrogens (tertiary/aromatic N) is 1. The molecule has 15 heavy (non-hydrogen) atoms. The molecule has 0 saturated carbocycles. The molecule has 1 unspecified atom stereocenters. The quantitative estimate of drug-likeness (QED) is 0.757. The Balaban J connectivity index is 2.16. The van der Waals surface area contributed by atoms with Crippen LogP contribution in [-0.4, -0.2) is 18.5 Å². The summed E-state index contributed by atoms with van der Waals surface area (Å²) in [5, 5.41) is 0.710. The molecule has 0 fully saturated rings. The third-order valence-corrected chi connectivity index (χ3v) is 3.17. The molecule has 2 rings (SSSR count). The normalized spacial score (nSPS) is 19.3. The fourth-order valence-corrected chi connectivity index (χ4v) is 2.56. The lowest BCUT2D eigenvalue weighted by atomic mass is 10.1. The minimum absolute atomic E-state index is 0.511. The third kappa shape index (κ3) is 2.24. The third-order valence-electron chi connectivity index (χ3n) is 3.05.